The Bertz CT molecular complexity index is 413. The summed E-state index contributed by atoms with van der Waals surface area (Å²) < 4.78 is 4.84. The molecule has 3 nitrogen and oxygen atoms in total. The van der Waals surface area contributed by atoms with E-state index in [1.165, 1.54) is 18.2 Å². The van der Waals surface area contributed by atoms with E-state index in [1.54, 1.807) is 0 Å². The van der Waals surface area contributed by atoms with Crippen LogP contribution in [0.25, 0.3) is 0 Å². The molecule has 0 aliphatic heterocycles. The van der Waals surface area contributed by atoms with E-state index in [4.69, 9.17) is 4.74 Å². The molecule has 1 unspecified atom stereocenters. The highest BCUT2D eigenvalue weighted by Gasteiger charge is 2.18. The van der Waals surface area contributed by atoms with Crippen molar-refractivity contribution in [2.24, 2.45) is 5.92 Å². The van der Waals surface area contributed by atoms with Crippen molar-refractivity contribution in [3.63, 3.8) is 0 Å². The Kier molecular flexibility index (Phi) is 5.20. The fourth-order valence-electron chi connectivity index (χ4n) is 1.98. The second-order valence-corrected chi connectivity index (χ2v) is 4.84. The molecular weight excluding hydrogens is 226 g/mol. The topological polar surface area (TPSA) is 29.5 Å². The minimum Gasteiger partial charge on any atom is -0.469 e. The van der Waals surface area contributed by atoms with Crippen LogP contribution in [0.3, 0.4) is 0 Å². The summed E-state index contributed by atoms with van der Waals surface area (Å²) in [5.74, 6) is -0.168. The van der Waals surface area contributed by atoms with Crippen LogP contribution >= 0.6 is 0 Å². The maximum absolute atomic E-state index is 11.6. The summed E-state index contributed by atoms with van der Waals surface area (Å²) in [6.07, 6.45) is 1.55. The van der Waals surface area contributed by atoms with Crippen LogP contribution in [0, 0.1) is 12.8 Å². The first-order valence-electron chi connectivity index (χ1n) is 6.34. The normalized spacial score (nSPS) is 12.1. The highest BCUT2D eigenvalue weighted by Crippen LogP contribution is 2.22. The molecule has 0 radical (unpaired) electrons. The smallest absolute Gasteiger partial charge is 0.308 e. The number of nitrogens with zero attached hydrogens (tertiary/aromatic N) is 1. The van der Waals surface area contributed by atoms with Crippen LogP contribution in [0.2, 0.25) is 0 Å². The average molecular weight is 249 g/mol. The number of rotatable bonds is 5. The molecule has 0 saturated heterocycles. The molecule has 1 aromatic rings. The second-order valence-electron chi connectivity index (χ2n) is 4.84. The van der Waals surface area contributed by atoms with Crippen LogP contribution in [0.5, 0.6) is 0 Å². The van der Waals surface area contributed by atoms with E-state index in [9.17, 15) is 4.79 Å². The fourth-order valence-corrected chi connectivity index (χ4v) is 1.98. The molecule has 100 valence electrons. The Morgan fingerprint density at radius 2 is 2.06 bits per heavy atom. The van der Waals surface area contributed by atoms with Gasteiger partial charge in [-0.15, -0.1) is 0 Å². The zero-order valence-corrected chi connectivity index (χ0v) is 12.0. The van der Waals surface area contributed by atoms with Gasteiger partial charge in [-0.05, 0) is 43.0 Å². The van der Waals surface area contributed by atoms with Crippen LogP contribution in [-0.4, -0.2) is 27.2 Å². The lowest BCUT2D eigenvalue weighted by Crippen LogP contribution is -2.18. The van der Waals surface area contributed by atoms with Gasteiger partial charge in [0.05, 0.1) is 13.0 Å². The van der Waals surface area contributed by atoms with Crippen molar-refractivity contribution < 1.29 is 9.53 Å². The SMILES string of the molecule is CCC(Cc1cc(N(C)C)ccc1C)C(=O)OC. The number of anilines is 1. The van der Waals surface area contributed by atoms with Crippen LogP contribution in [0.15, 0.2) is 18.2 Å². The van der Waals surface area contributed by atoms with Crippen molar-refractivity contribution in [3.05, 3.63) is 29.3 Å². The molecule has 1 atom stereocenters. The van der Waals surface area contributed by atoms with Gasteiger partial charge in [-0.25, -0.2) is 0 Å². The number of aryl methyl sites for hydroxylation is 1. The van der Waals surface area contributed by atoms with Crippen LogP contribution in [0.1, 0.15) is 24.5 Å². The van der Waals surface area contributed by atoms with Crippen molar-refractivity contribution in [1.29, 1.82) is 0 Å². The maximum atomic E-state index is 11.6. The zero-order valence-electron chi connectivity index (χ0n) is 12.0. The molecule has 0 N–H and O–H groups in total. The molecule has 0 aromatic heterocycles. The van der Waals surface area contributed by atoms with E-state index in [1.807, 2.05) is 21.0 Å². The monoisotopic (exact) mass is 249 g/mol. The molecule has 0 spiro atoms. The summed E-state index contributed by atoms with van der Waals surface area (Å²) in [7, 11) is 5.49. The second kappa shape index (κ2) is 6.43. The van der Waals surface area contributed by atoms with Crippen molar-refractivity contribution in [2.45, 2.75) is 26.7 Å². The lowest BCUT2D eigenvalue weighted by molar-refractivity contribution is -0.145. The van der Waals surface area contributed by atoms with Gasteiger partial charge in [-0.3, -0.25) is 4.79 Å². The van der Waals surface area contributed by atoms with E-state index >= 15 is 0 Å². The molecule has 0 fully saturated rings. The minimum absolute atomic E-state index is 0.0499. The first-order valence-corrected chi connectivity index (χ1v) is 6.34. The molecule has 1 aromatic carbocycles. The summed E-state index contributed by atoms with van der Waals surface area (Å²) in [4.78, 5) is 13.7. The number of methoxy groups -OCH3 is 1. The quantitative estimate of drug-likeness (QED) is 0.752. The van der Waals surface area contributed by atoms with E-state index in [0.717, 1.165) is 18.5 Å². The summed E-state index contributed by atoms with van der Waals surface area (Å²) in [6.45, 7) is 4.10. The average Bonchev–Trinajstić information content (AvgIpc) is 2.36. The fraction of sp³-hybridized carbons (Fsp3) is 0.533. The van der Waals surface area contributed by atoms with Crippen molar-refractivity contribution >= 4 is 11.7 Å². The first-order chi connectivity index (χ1) is 8.49. The highest BCUT2D eigenvalue weighted by atomic mass is 16.5. The summed E-state index contributed by atoms with van der Waals surface area (Å²) in [6, 6.07) is 6.35. The Morgan fingerprint density at radius 1 is 1.39 bits per heavy atom. The van der Waals surface area contributed by atoms with Gasteiger partial charge in [-0.2, -0.15) is 0 Å². The number of carbonyl (C=O) groups is 1. The first kappa shape index (κ1) is 14.6. The number of benzene rings is 1. The van der Waals surface area contributed by atoms with Gasteiger partial charge >= 0.3 is 5.97 Å². The van der Waals surface area contributed by atoms with Gasteiger partial charge in [0.15, 0.2) is 0 Å². The van der Waals surface area contributed by atoms with Gasteiger partial charge in [0.2, 0.25) is 0 Å². The van der Waals surface area contributed by atoms with Crippen LogP contribution in [0.4, 0.5) is 5.69 Å². The standard InChI is InChI=1S/C15H23NO2/c1-6-12(15(17)18-5)9-13-10-14(16(3)4)8-7-11(13)2/h7-8,10,12H,6,9H2,1-5H3. The molecule has 3 heteroatoms. The minimum atomic E-state index is -0.118. The number of carbonyl (C=O) groups excluding carboxylic acids is 1. The molecule has 0 amide bonds. The highest BCUT2D eigenvalue weighted by molar-refractivity contribution is 5.72. The third-order valence-electron chi connectivity index (χ3n) is 3.34. The van der Waals surface area contributed by atoms with Crippen molar-refractivity contribution in [3.8, 4) is 0 Å². The Hall–Kier alpha value is -1.51. The summed E-state index contributed by atoms with van der Waals surface area (Å²) in [5, 5.41) is 0. The largest absolute Gasteiger partial charge is 0.469 e. The molecule has 0 bridgehead atoms. The van der Waals surface area contributed by atoms with E-state index in [2.05, 4.69) is 30.0 Å². The van der Waals surface area contributed by atoms with Gasteiger partial charge < -0.3 is 9.64 Å². The van der Waals surface area contributed by atoms with Crippen LogP contribution in [-0.2, 0) is 16.0 Å². The lowest BCUT2D eigenvalue weighted by atomic mass is 9.94. The molecule has 0 aliphatic rings. The third kappa shape index (κ3) is 3.49. The van der Waals surface area contributed by atoms with E-state index in [0.29, 0.717) is 0 Å². The van der Waals surface area contributed by atoms with Gasteiger partial charge in [0, 0.05) is 19.8 Å². The van der Waals surface area contributed by atoms with Crippen LogP contribution < -0.4 is 4.90 Å². The number of hydrogen-bond acceptors (Lipinski definition) is 3. The number of hydrogen-bond donors (Lipinski definition) is 0. The van der Waals surface area contributed by atoms with Gasteiger partial charge in [-0.1, -0.05) is 13.0 Å². The predicted octanol–water partition coefficient (Wildman–Crippen LogP) is 2.80. The molecule has 0 saturated carbocycles. The lowest BCUT2D eigenvalue weighted by Gasteiger charge is -2.18. The predicted molar refractivity (Wildman–Crippen MR) is 75.0 cm³/mol. The summed E-state index contributed by atoms with van der Waals surface area (Å²) >= 11 is 0. The van der Waals surface area contributed by atoms with Crippen molar-refractivity contribution in [1.82, 2.24) is 0 Å². The van der Waals surface area contributed by atoms with Gasteiger partial charge in [0.25, 0.3) is 0 Å². The van der Waals surface area contributed by atoms with Crippen molar-refractivity contribution in [2.75, 3.05) is 26.1 Å². The molecular formula is C15H23NO2. The van der Waals surface area contributed by atoms with Gasteiger partial charge in [0.1, 0.15) is 0 Å². The Labute approximate surface area is 110 Å². The molecule has 18 heavy (non-hydrogen) atoms. The zero-order chi connectivity index (χ0) is 13.7. The Balaban J connectivity index is 2.94. The maximum Gasteiger partial charge on any atom is 0.308 e. The number of esters is 1. The summed E-state index contributed by atoms with van der Waals surface area (Å²) in [5.41, 5.74) is 3.61. The Morgan fingerprint density at radius 3 is 2.56 bits per heavy atom. The number of ether oxygens (including phenoxy) is 1. The van der Waals surface area contributed by atoms with E-state index in [-0.39, 0.29) is 11.9 Å². The van der Waals surface area contributed by atoms with E-state index < -0.39 is 0 Å². The molecule has 1 rings (SSSR count). The third-order valence-corrected chi connectivity index (χ3v) is 3.34. The molecule has 0 heterocycles. The molecule has 0 aliphatic carbocycles.